The standard InChI is InChI=1S/C19H19N5O2/c1-13-6-7-17(26-12-15-5-3-4-8-20-15)16(9-13)23-19(25)24-18-11-21-14(2)10-22-18/h3-11H,12H2,1-2H3,(H2,22,23,24,25). The van der Waals surface area contributed by atoms with E-state index >= 15 is 0 Å². The van der Waals surface area contributed by atoms with Crippen molar-refractivity contribution in [2.45, 2.75) is 20.5 Å². The monoisotopic (exact) mass is 349 g/mol. The van der Waals surface area contributed by atoms with Crippen LogP contribution in [-0.2, 0) is 6.61 Å². The minimum atomic E-state index is -0.420. The molecule has 132 valence electrons. The fourth-order valence-electron chi connectivity index (χ4n) is 2.23. The van der Waals surface area contributed by atoms with Crippen LogP contribution >= 0.6 is 0 Å². The lowest BCUT2D eigenvalue weighted by atomic mass is 10.2. The predicted octanol–water partition coefficient (Wildman–Crippen LogP) is 3.71. The Bertz CT molecular complexity index is 882. The number of amides is 2. The molecule has 2 amide bonds. The summed E-state index contributed by atoms with van der Waals surface area (Å²) in [6.07, 6.45) is 4.80. The Morgan fingerprint density at radius 1 is 1.04 bits per heavy atom. The summed E-state index contributed by atoms with van der Waals surface area (Å²) in [5.41, 5.74) is 3.15. The summed E-state index contributed by atoms with van der Waals surface area (Å²) in [6.45, 7) is 4.08. The van der Waals surface area contributed by atoms with E-state index in [0.29, 0.717) is 23.9 Å². The molecule has 0 unspecified atom stereocenters. The Kier molecular flexibility index (Phi) is 5.38. The Morgan fingerprint density at radius 2 is 1.92 bits per heavy atom. The van der Waals surface area contributed by atoms with E-state index < -0.39 is 6.03 Å². The van der Waals surface area contributed by atoms with Gasteiger partial charge in [0.15, 0.2) is 5.82 Å². The highest BCUT2D eigenvalue weighted by Crippen LogP contribution is 2.26. The number of ether oxygens (including phenoxy) is 1. The van der Waals surface area contributed by atoms with Crippen LogP contribution in [-0.4, -0.2) is 21.0 Å². The third-order valence-corrected chi connectivity index (χ3v) is 3.51. The maximum absolute atomic E-state index is 12.2. The molecule has 3 rings (SSSR count). The fourth-order valence-corrected chi connectivity index (χ4v) is 2.23. The topological polar surface area (TPSA) is 89.0 Å². The van der Waals surface area contributed by atoms with Crippen molar-refractivity contribution < 1.29 is 9.53 Å². The lowest BCUT2D eigenvalue weighted by molar-refractivity contribution is 0.261. The third kappa shape index (κ3) is 4.76. The van der Waals surface area contributed by atoms with Crippen molar-refractivity contribution in [2.75, 3.05) is 10.6 Å². The molecule has 2 heterocycles. The quantitative estimate of drug-likeness (QED) is 0.733. The Balaban J connectivity index is 1.68. The summed E-state index contributed by atoms with van der Waals surface area (Å²) in [7, 11) is 0. The van der Waals surface area contributed by atoms with E-state index in [4.69, 9.17) is 4.74 Å². The van der Waals surface area contributed by atoms with Crippen LogP contribution in [0.2, 0.25) is 0 Å². The molecule has 26 heavy (non-hydrogen) atoms. The Morgan fingerprint density at radius 3 is 2.65 bits per heavy atom. The number of rotatable bonds is 5. The molecule has 0 saturated heterocycles. The van der Waals surface area contributed by atoms with Gasteiger partial charge in [-0.05, 0) is 43.7 Å². The summed E-state index contributed by atoms with van der Waals surface area (Å²) < 4.78 is 5.81. The van der Waals surface area contributed by atoms with Gasteiger partial charge in [0.05, 0.1) is 29.5 Å². The van der Waals surface area contributed by atoms with Crippen LogP contribution in [0.3, 0.4) is 0 Å². The van der Waals surface area contributed by atoms with E-state index in [1.54, 1.807) is 12.4 Å². The van der Waals surface area contributed by atoms with Gasteiger partial charge in [0, 0.05) is 6.20 Å². The SMILES string of the molecule is Cc1ccc(OCc2ccccn2)c(NC(=O)Nc2cnc(C)cn2)c1. The molecule has 0 spiro atoms. The van der Waals surface area contributed by atoms with Gasteiger partial charge in [0.2, 0.25) is 0 Å². The van der Waals surface area contributed by atoms with Gasteiger partial charge in [-0.15, -0.1) is 0 Å². The Hall–Kier alpha value is -3.48. The second-order valence-electron chi connectivity index (χ2n) is 5.73. The fraction of sp³-hybridized carbons (Fsp3) is 0.158. The van der Waals surface area contributed by atoms with E-state index in [1.807, 2.05) is 50.2 Å². The first-order chi connectivity index (χ1) is 12.6. The van der Waals surface area contributed by atoms with Gasteiger partial charge in [-0.3, -0.25) is 15.3 Å². The molecule has 0 radical (unpaired) electrons. The Labute approximate surface area is 151 Å². The zero-order valence-electron chi connectivity index (χ0n) is 14.6. The summed E-state index contributed by atoms with van der Waals surface area (Å²) in [5, 5.41) is 5.43. The van der Waals surface area contributed by atoms with Crippen LogP contribution < -0.4 is 15.4 Å². The van der Waals surface area contributed by atoms with Gasteiger partial charge in [0.1, 0.15) is 12.4 Å². The van der Waals surface area contributed by atoms with Crippen molar-refractivity contribution in [3.8, 4) is 5.75 Å². The minimum Gasteiger partial charge on any atom is -0.485 e. The van der Waals surface area contributed by atoms with Crippen molar-refractivity contribution >= 4 is 17.5 Å². The van der Waals surface area contributed by atoms with E-state index in [2.05, 4.69) is 25.6 Å². The van der Waals surface area contributed by atoms with Crippen LogP contribution in [0.1, 0.15) is 17.0 Å². The van der Waals surface area contributed by atoms with Crippen molar-refractivity contribution in [3.63, 3.8) is 0 Å². The molecule has 0 bridgehead atoms. The highest BCUT2D eigenvalue weighted by molar-refractivity contribution is 6.00. The van der Waals surface area contributed by atoms with Crippen molar-refractivity contribution in [1.82, 2.24) is 15.0 Å². The minimum absolute atomic E-state index is 0.309. The molecule has 2 aromatic heterocycles. The van der Waals surface area contributed by atoms with Crippen molar-refractivity contribution in [2.24, 2.45) is 0 Å². The number of anilines is 2. The zero-order valence-corrected chi connectivity index (χ0v) is 14.6. The molecule has 7 heteroatoms. The number of carbonyl (C=O) groups excluding carboxylic acids is 1. The average Bonchev–Trinajstić information content (AvgIpc) is 2.64. The first kappa shape index (κ1) is 17.3. The molecule has 1 aromatic carbocycles. The van der Waals surface area contributed by atoms with Crippen molar-refractivity contribution in [1.29, 1.82) is 0 Å². The molecule has 2 N–H and O–H groups in total. The van der Waals surface area contributed by atoms with Crippen LogP contribution in [0.4, 0.5) is 16.3 Å². The number of nitrogens with zero attached hydrogens (tertiary/aromatic N) is 3. The molecule has 0 aliphatic carbocycles. The summed E-state index contributed by atoms with van der Waals surface area (Å²) in [5.74, 6) is 0.933. The largest absolute Gasteiger partial charge is 0.485 e. The van der Waals surface area contributed by atoms with Gasteiger partial charge in [-0.2, -0.15) is 0 Å². The molecular weight excluding hydrogens is 330 g/mol. The number of hydrogen-bond donors (Lipinski definition) is 2. The molecule has 0 saturated carbocycles. The number of hydrogen-bond acceptors (Lipinski definition) is 5. The number of benzene rings is 1. The highest BCUT2D eigenvalue weighted by atomic mass is 16.5. The van der Waals surface area contributed by atoms with Crippen LogP contribution in [0, 0.1) is 13.8 Å². The summed E-state index contributed by atoms with van der Waals surface area (Å²) in [6, 6.07) is 10.8. The zero-order chi connectivity index (χ0) is 18.4. The molecule has 0 fully saturated rings. The lowest BCUT2D eigenvalue weighted by Gasteiger charge is -2.13. The normalized spacial score (nSPS) is 10.2. The maximum atomic E-state index is 12.2. The third-order valence-electron chi connectivity index (χ3n) is 3.51. The molecule has 3 aromatic rings. The van der Waals surface area contributed by atoms with Crippen LogP contribution in [0.25, 0.3) is 0 Å². The molecule has 0 aliphatic rings. The van der Waals surface area contributed by atoms with E-state index in [-0.39, 0.29) is 0 Å². The first-order valence-electron chi connectivity index (χ1n) is 8.10. The summed E-state index contributed by atoms with van der Waals surface area (Å²) >= 11 is 0. The lowest BCUT2D eigenvalue weighted by Crippen LogP contribution is -2.20. The second-order valence-corrected chi connectivity index (χ2v) is 5.73. The number of pyridine rings is 1. The molecule has 7 nitrogen and oxygen atoms in total. The number of aromatic nitrogens is 3. The first-order valence-corrected chi connectivity index (χ1v) is 8.10. The second kappa shape index (κ2) is 8.06. The van der Waals surface area contributed by atoms with Crippen molar-refractivity contribution in [3.05, 3.63) is 71.9 Å². The molecule has 0 atom stereocenters. The number of nitrogens with one attached hydrogen (secondary N) is 2. The number of aryl methyl sites for hydroxylation is 2. The highest BCUT2D eigenvalue weighted by Gasteiger charge is 2.10. The predicted molar refractivity (Wildman–Crippen MR) is 99.2 cm³/mol. The van der Waals surface area contributed by atoms with Gasteiger partial charge < -0.3 is 10.1 Å². The van der Waals surface area contributed by atoms with Gasteiger partial charge in [-0.25, -0.2) is 9.78 Å². The van der Waals surface area contributed by atoms with Gasteiger partial charge in [-0.1, -0.05) is 12.1 Å². The van der Waals surface area contributed by atoms with E-state index in [9.17, 15) is 4.79 Å². The van der Waals surface area contributed by atoms with Gasteiger partial charge in [0.25, 0.3) is 0 Å². The number of urea groups is 1. The van der Waals surface area contributed by atoms with Crippen LogP contribution in [0.15, 0.2) is 55.0 Å². The summed E-state index contributed by atoms with van der Waals surface area (Å²) in [4.78, 5) is 24.7. The van der Waals surface area contributed by atoms with E-state index in [1.165, 1.54) is 6.20 Å². The number of carbonyl (C=O) groups is 1. The molecular formula is C19H19N5O2. The van der Waals surface area contributed by atoms with Crippen LogP contribution in [0.5, 0.6) is 5.75 Å². The average molecular weight is 349 g/mol. The maximum Gasteiger partial charge on any atom is 0.324 e. The molecule has 0 aliphatic heterocycles. The van der Waals surface area contributed by atoms with Gasteiger partial charge >= 0.3 is 6.03 Å². The smallest absolute Gasteiger partial charge is 0.324 e. The van der Waals surface area contributed by atoms with E-state index in [0.717, 1.165) is 17.0 Å².